The number of nitrogens with zero attached hydrogens (tertiary/aromatic N) is 1. The highest BCUT2D eigenvalue weighted by Crippen LogP contribution is 2.23. The number of ether oxygens (including phenoxy) is 1. The fourth-order valence-corrected chi connectivity index (χ4v) is 1.67. The summed E-state index contributed by atoms with van der Waals surface area (Å²) in [4.78, 5) is 4.12. The van der Waals surface area contributed by atoms with E-state index in [0.29, 0.717) is 6.61 Å². The van der Waals surface area contributed by atoms with Crippen LogP contribution in [0.25, 0.3) is 0 Å². The average molecular weight is 337 g/mol. The minimum Gasteiger partial charge on any atom is -0.382 e. The molecule has 0 radical (unpaired) electrons. The van der Waals surface area contributed by atoms with Crippen molar-refractivity contribution in [3.05, 3.63) is 28.2 Å². The second kappa shape index (κ2) is 7.37. The summed E-state index contributed by atoms with van der Waals surface area (Å²) in [6, 6.07) is 1.84. The maximum Gasteiger partial charge on any atom is 0.210 e. The van der Waals surface area contributed by atoms with Crippen LogP contribution in [0.4, 0.5) is 14.5 Å². The number of hydrogen-bond acceptors (Lipinski definition) is 3. The Bertz CT molecular complexity index is 470. The number of guanidine groups is 1. The first-order chi connectivity index (χ1) is 8.97. The lowest BCUT2D eigenvalue weighted by molar-refractivity contribution is 0.185. The van der Waals surface area contributed by atoms with Crippen molar-refractivity contribution in [1.29, 1.82) is 0 Å². The highest BCUT2D eigenvalue weighted by atomic mass is 79.9. The Morgan fingerprint density at radius 1 is 1.47 bits per heavy atom. The van der Waals surface area contributed by atoms with Gasteiger partial charge in [0.2, 0.25) is 5.96 Å². The molecule has 8 heteroatoms. The van der Waals surface area contributed by atoms with Crippen LogP contribution in [0.15, 0.2) is 21.6 Å². The highest BCUT2D eigenvalue weighted by Gasteiger charge is 2.10. The zero-order valence-corrected chi connectivity index (χ0v) is 12.1. The molecular formula is C11H15BrF2N4O. The fourth-order valence-electron chi connectivity index (χ4n) is 1.35. The van der Waals surface area contributed by atoms with Crippen LogP contribution in [-0.4, -0.2) is 25.7 Å². The molecule has 0 heterocycles. The number of rotatable bonds is 4. The third kappa shape index (κ3) is 4.73. The smallest absolute Gasteiger partial charge is 0.210 e. The first-order valence-electron chi connectivity index (χ1n) is 5.42. The Morgan fingerprint density at radius 2 is 2.16 bits per heavy atom. The summed E-state index contributed by atoms with van der Waals surface area (Å²) in [6.07, 6.45) is 0. The van der Waals surface area contributed by atoms with Gasteiger partial charge in [0.05, 0.1) is 22.8 Å². The SMILES string of the molecule is COCC(C)N=C(NN)Nc1cc(F)c(Br)cc1F. The number of methoxy groups -OCH3 is 1. The van der Waals surface area contributed by atoms with Crippen LogP contribution >= 0.6 is 15.9 Å². The molecule has 0 aliphatic heterocycles. The number of halogens is 3. The van der Waals surface area contributed by atoms with Crippen LogP contribution in [0.3, 0.4) is 0 Å². The topological polar surface area (TPSA) is 71.7 Å². The van der Waals surface area contributed by atoms with Gasteiger partial charge in [-0.05, 0) is 28.9 Å². The van der Waals surface area contributed by atoms with E-state index in [1.54, 1.807) is 14.0 Å². The molecule has 0 amide bonds. The lowest BCUT2D eigenvalue weighted by Crippen LogP contribution is -2.37. The van der Waals surface area contributed by atoms with Crippen molar-refractivity contribution in [3.63, 3.8) is 0 Å². The van der Waals surface area contributed by atoms with E-state index >= 15 is 0 Å². The van der Waals surface area contributed by atoms with Gasteiger partial charge in [0.15, 0.2) is 0 Å². The van der Waals surface area contributed by atoms with Crippen LogP contribution in [-0.2, 0) is 4.74 Å². The van der Waals surface area contributed by atoms with Gasteiger partial charge in [0.25, 0.3) is 0 Å². The van der Waals surface area contributed by atoms with Crippen molar-refractivity contribution in [2.45, 2.75) is 13.0 Å². The maximum atomic E-state index is 13.6. The summed E-state index contributed by atoms with van der Waals surface area (Å²) in [7, 11) is 1.54. The van der Waals surface area contributed by atoms with E-state index in [-0.39, 0.29) is 22.2 Å². The summed E-state index contributed by atoms with van der Waals surface area (Å²) >= 11 is 2.89. The van der Waals surface area contributed by atoms with Crippen molar-refractivity contribution >= 4 is 27.6 Å². The van der Waals surface area contributed by atoms with Crippen molar-refractivity contribution in [2.75, 3.05) is 19.0 Å². The number of benzene rings is 1. The Morgan fingerprint density at radius 3 is 2.74 bits per heavy atom. The normalized spacial score (nSPS) is 13.3. The van der Waals surface area contributed by atoms with Crippen molar-refractivity contribution in [1.82, 2.24) is 5.43 Å². The Labute approximate surface area is 118 Å². The minimum atomic E-state index is -0.629. The van der Waals surface area contributed by atoms with Crippen molar-refractivity contribution < 1.29 is 13.5 Å². The van der Waals surface area contributed by atoms with E-state index in [1.165, 1.54) is 0 Å². The molecule has 0 saturated carbocycles. The molecule has 1 rings (SSSR count). The van der Waals surface area contributed by atoms with Crippen LogP contribution in [0.1, 0.15) is 6.92 Å². The molecule has 19 heavy (non-hydrogen) atoms. The van der Waals surface area contributed by atoms with Gasteiger partial charge < -0.3 is 10.1 Å². The Kier molecular flexibility index (Phi) is 6.13. The summed E-state index contributed by atoms with van der Waals surface area (Å²) in [5.74, 6) is 4.17. The molecule has 5 nitrogen and oxygen atoms in total. The van der Waals surface area contributed by atoms with Crippen LogP contribution in [0, 0.1) is 11.6 Å². The summed E-state index contributed by atoms with van der Waals surface area (Å²) < 4.78 is 31.9. The molecule has 0 bridgehead atoms. The third-order valence-corrected chi connectivity index (χ3v) is 2.76. The molecule has 1 aromatic carbocycles. The van der Waals surface area contributed by atoms with Gasteiger partial charge in [-0.2, -0.15) is 0 Å². The van der Waals surface area contributed by atoms with Gasteiger partial charge in [-0.1, -0.05) is 0 Å². The van der Waals surface area contributed by atoms with E-state index in [9.17, 15) is 8.78 Å². The van der Waals surface area contributed by atoms with Gasteiger partial charge >= 0.3 is 0 Å². The predicted molar refractivity (Wildman–Crippen MR) is 73.8 cm³/mol. The molecule has 0 aromatic heterocycles. The molecular weight excluding hydrogens is 322 g/mol. The number of nitrogens with two attached hydrogens (primary N) is 1. The highest BCUT2D eigenvalue weighted by molar-refractivity contribution is 9.10. The monoisotopic (exact) mass is 336 g/mol. The van der Waals surface area contributed by atoms with Gasteiger partial charge in [-0.15, -0.1) is 0 Å². The van der Waals surface area contributed by atoms with Crippen LogP contribution < -0.4 is 16.6 Å². The third-order valence-electron chi connectivity index (χ3n) is 2.16. The first kappa shape index (κ1) is 15.8. The molecule has 0 fully saturated rings. The largest absolute Gasteiger partial charge is 0.382 e. The predicted octanol–water partition coefficient (Wildman–Crippen LogP) is 1.99. The first-order valence-corrected chi connectivity index (χ1v) is 6.22. The van der Waals surface area contributed by atoms with Crippen molar-refractivity contribution in [3.8, 4) is 0 Å². The Balaban J connectivity index is 2.90. The number of anilines is 1. The number of hydrogen-bond donors (Lipinski definition) is 3. The molecule has 1 unspecified atom stereocenters. The van der Waals surface area contributed by atoms with E-state index in [0.717, 1.165) is 12.1 Å². The van der Waals surface area contributed by atoms with Gasteiger partial charge in [-0.25, -0.2) is 19.6 Å². The van der Waals surface area contributed by atoms with Crippen molar-refractivity contribution in [2.24, 2.45) is 10.8 Å². The molecule has 1 aromatic rings. The molecule has 0 aliphatic carbocycles. The van der Waals surface area contributed by atoms with E-state index in [2.05, 4.69) is 31.7 Å². The summed E-state index contributed by atoms with van der Waals surface area (Å²) in [5, 5.41) is 2.58. The molecule has 106 valence electrons. The van der Waals surface area contributed by atoms with Gasteiger partial charge in [-0.3, -0.25) is 5.43 Å². The average Bonchev–Trinajstić information content (AvgIpc) is 2.35. The number of aliphatic imine (C=N–C) groups is 1. The molecule has 4 N–H and O–H groups in total. The lowest BCUT2D eigenvalue weighted by Gasteiger charge is -2.13. The lowest BCUT2D eigenvalue weighted by atomic mass is 10.3. The van der Waals surface area contributed by atoms with E-state index < -0.39 is 11.6 Å². The van der Waals surface area contributed by atoms with E-state index in [4.69, 9.17) is 10.6 Å². The zero-order valence-electron chi connectivity index (χ0n) is 10.5. The summed E-state index contributed by atoms with van der Waals surface area (Å²) in [6.45, 7) is 2.17. The van der Waals surface area contributed by atoms with E-state index in [1.807, 2.05) is 0 Å². The van der Waals surface area contributed by atoms with Crippen LogP contribution in [0.2, 0.25) is 0 Å². The minimum absolute atomic E-state index is 0.0440. The van der Waals surface area contributed by atoms with Gasteiger partial charge in [0.1, 0.15) is 11.6 Å². The number of hydrazine groups is 1. The maximum absolute atomic E-state index is 13.6. The molecule has 1 atom stereocenters. The standard InChI is InChI=1S/C11H15BrF2N4O/c1-6(5-19-2)16-11(18-15)17-10-4-8(13)7(12)3-9(10)14/h3-4,6H,5,15H2,1-2H3,(H2,16,17,18). The molecule has 0 aliphatic rings. The molecule has 0 spiro atoms. The second-order valence-corrected chi connectivity index (χ2v) is 4.65. The van der Waals surface area contributed by atoms with Gasteiger partial charge in [0, 0.05) is 13.2 Å². The Hall–Kier alpha value is -1.25. The summed E-state index contributed by atoms with van der Waals surface area (Å²) in [5.41, 5.74) is 2.22. The zero-order chi connectivity index (χ0) is 14.4. The van der Waals surface area contributed by atoms with Crippen LogP contribution in [0.5, 0.6) is 0 Å². The quantitative estimate of drug-likeness (QED) is 0.258. The fraction of sp³-hybridized carbons (Fsp3) is 0.364. The molecule has 0 saturated heterocycles. The number of nitrogens with one attached hydrogen (secondary N) is 2. The second-order valence-electron chi connectivity index (χ2n) is 3.80.